The minimum atomic E-state index is 0. The second-order valence-corrected chi connectivity index (χ2v) is 2.96. The van der Waals surface area contributed by atoms with Crippen LogP contribution < -0.4 is 4.90 Å². The average Bonchev–Trinajstić information content (AvgIpc) is 2.10. The van der Waals surface area contributed by atoms with E-state index >= 15 is 0 Å². The summed E-state index contributed by atoms with van der Waals surface area (Å²) in [6, 6.07) is 8.53. The van der Waals surface area contributed by atoms with Crippen LogP contribution in [0.3, 0.4) is 0 Å². The molecule has 1 nitrogen and oxygen atoms in total. The molecule has 0 radical (unpaired) electrons. The Morgan fingerprint density at radius 1 is 1.08 bits per heavy atom. The third-order valence-corrected chi connectivity index (χ3v) is 2.22. The van der Waals surface area contributed by atoms with E-state index in [0.29, 0.717) is 0 Å². The number of aryl methyl sites for hydroxylation is 1. The molecule has 0 atom stereocenters. The molecule has 0 aliphatic carbocycles. The van der Waals surface area contributed by atoms with Crippen molar-refractivity contribution in [1.82, 2.24) is 0 Å². The first kappa shape index (κ1) is 12.6. The fraction of sp³-hybridized carbons (Fsp3) is 0.455. The summed E-state index contributed by atoms with van der Waals surface area (Å²) in [5.74, 6) is 0. The Labute approximate surface area is 93.3 Å². The molecule has 0 unspecified atom stereocenters. The maximum atomic E-state index is 2.37. The number of rotatable bonds is 3. The molecule has 0 saturated carbocycles. The van der Waals surface area contributed by atoms with E-state index in [0.717, 1.165) is 13.1 Å². The van der Waals surface area contributed by atoms with E-state index < -0.39 is 0 Å². The minimum absolute atomic E-state index is 0. The first-order chi connectivity index (χ1) is 5.79. The van der Waals surface area contributed by atoms with Gasteiger partial charge in [-0.25, -0.2) is 0 Å². The molecule has 0 saturated heterocycles. The van der Waals surface area contributed by atoms with Crippen LogP contribution in [-0.4, -0.2) is 32.0 Å². The quantitative estimate of drug-likeness (QED) is 0.630. The Bertz CT molecular complexity index is 244. The van der Waals surface area contributed by atoms with Crippen LogP contribution in [0.1, 0.15) is 19.4 Å². The SMILES string of the molecule is CCN(CC)c1ccccc1C.[LiH]. The van der Waals surface area contributed by atoms with Gasteiger partial charge in [0.2, 0.25) is 0 Å². The Hall–Kier alpha value is -0.383. The fourth-order valence-corrected chi connectivity index (χ4v) is 1.48. The molecule has 0 aromatic heterocycles. The van der Waals surface area contributed by atoms with Crippen molar-refractivity contribution in [2.24, 2.45) is 0 Å². The van der Waals surface area contributed by atoms with Gasteiger partial charge in [0.05, 0.1) is 0 Å². The Kier molecular flexibility index (Phi) is 5.95. The summed E-state index contributed by atoms with van der Waals surface area (Å²) in [6.07, 6.45) is 0. The zero-order chi connectivity index (χ0) is 8.97. The summed E-state index contributed by atoms with van der Waals surface area (Å²) in [6.45, 7) is 8.71. The maximum absolute atomic E-state index is 2.37. The molecule has 2 heteroatoms. The van der Waals surface area contributed by atoms with E-state index in [2.05, 4.69) is 49.9 Å². The van der Waals surface area contributed by atoms with Crippen LogP contribution in [0.2, 0.25) is 0 Å². The second-order valence-electron chi connectivity index (χ2n) is 2.96. The van der Waals surface area contributed by atoms with Gasteiger partial charge in [-0.1, -0.05) is 18.2 Å². The average molecular weight is 171 g/mol. The van der Waals surface area contributed by atoms with Crippen LogP contribution in [0.25, 0.3) is 0 Å². The summed E-state index contributed by atoms with van der Waals surface area (Å²) < 4.78 is 0. The van der Waals surface area contributed by atoms with E-state index in [1.165, 1.54) is 11.3 Å². The van der Waals surface area contributed by atoms with E-state index in [4.69, 9.17) is 0 Å². The van der Waals surface area contributed by atoms with Crippen molar-refractivity contribution in [1.29, 1.82) is 0 Å². The summed E-state index contributed by atoms with van der Waals surface area (Å²) >= 11 is 0. The van der Waals surface area contributed by atoms with Gasteiger partial charge in [-0.15, -0.1) is 0 Å². The molecule has 0 aliphatic rings. The van der Waals surface area contributed by atoms with Gasteiger partial charge >= 0.3 is 18.9 Å². The van der Waals surface area contributed by atoms with Gasteiger partial charge in [0.15, 0.2) is 0 Å². The number of benzene rings is 1. The first-order valence-electron chi connectivity index (χ1n) is 4.60. The molecule has 0 N–H and O–H groups in total. The van der Waals surface area contributed by atoms with Crippen molar-refractivity contribution >= 4 is 24.5 Å². The number of para-hydroxylation sites is 1. The van der Waals surface area contributed by atoms with Crippen molar-refractivity contribution in [3.63, 3.8) is 0 Å². The number of nitrogens with zero attached hydrogens (tertiary/aromatic N) is 1. The van der Waals surface area contributed by atoms with E-state index in [1.54, 1.807) is 0 Å². The predicted molar refractivity (Wildman–Crippen MR) is 61.9 cm³/mol. The zero-order valence-corrected chi connectivity index (χ0v) is 8.17. The van der Waals surface area contributed by atoms with E-state index in [-0.39, 0.29) is 18.9 Å². The van der Waals surface area contributed by atoms with Crippen molar-refractivity contribution in [3.05, 3.63) is 29.8 Å². The molecule has 13 heavy (non-hydrogen) atoms. The first-order valence-corrected chi connectivity index (χ1v) is 4.60. The normalized spacial score (nSPS) is 9.15. The Morgan fingerprint density at radius 2 is 1.62 bits per heavy atom. The van der Waals surface area contributed by atoms with Gasteiger partial charge in [0.1, 0.15) is 0 Å². The monoisotopic (exact) mass is 171 g/mol. The standard InChI is InChI=1S/C11H17N.Li.H/c1-4-12(5-2)11-9-7-6-8-10(11)3;;/h6-9H,4-5H2,1-3H3;;. The molecule has 0 aliphatic heterocycles. The predicted octanol–water partition coefficient (Wildman–Crippen LogP) is 2.19. The molecule has 0 fully saturated rings. The Balaban J connectivity index is 0.00000144. The molecular weight excluding hydrogens is 153 g/mol. The van der Waals surface area contributed by atoms with Crippen LogP contribution in [0.5, 0.6) is 0 Å². The van der Waals surface area contributed by atoms with Crippen LogP contribution in [0.15, 0.2) is 24.3 Å². The topological polar surface area (TPSA) is 3.24 Å². The van der Waals surface area contributed by atoms with Crippen molar-refractivity contribution < 1.29 is 0 Å². The van der Waals surface area contributed by atoms with Gasteiger partial charge in [0.25, 0.3) is 0 Å². The van der Waals surface area contributed by atoms with Crippen molar-refractivity contribution in [3.8, 4) is 0 Å². The summed E-state index contributed by atoms with van der Waals surface area (Å²) in [7, 11) is 0. The van der Waals surface area contributed by atoms with Crippen LogP contribution in [0, 0.1) is 6.92 Å². The Morgan fingerprint density at radius 3 is 2.08 bits per heavy atom. The van der Waals surface area contributed by atoms with E-state index in [1.807, 2.05) is 0 Å². The van der Waals surface area contributed by atoms with E-state index in [9.17, 15) is 0 Å². The third kappa shape index (κ3) is 3.10. The molecule has 0 heterocycles. The second kappa shape index (κ2) is 6.13. The zero-order valence-electron chi connectivity index (χ0n) is 8.17. The number of anilines is 1. The van der Waals surface area contributed by atoms with Crippen molar-refractivity contribution in [2.45, 2.75) is 20.8 Å². The summed E-state index contributed by atoms with van der Waals surface area (Å²) in [5, 5.41) is 0. The van der Waals surface area contributed by atoms with Gasteiger partial charge in [0, 0.05) is 18.8 Å². The molecule has 0 amide bonds. The number of hydrogen-bond donors (Lipinski definition) is 0. The molecule has 68 valence electrons. The number of hydrogen-bond acceptors (Lipinski definition) is 1. The van der Waals surface area contributed by atoms with Gasteiger partial charge in [-0.05, 0) is 32.4 Å². The molecule has 0 bridgehead atoms. The molecule has 1 rings (SSSR count). The molecule has 0 spiro atoms. The van der Waals surface area contributed by atoms with Gasteiger partial charge in [-0.3, -0.25) is 0 Å². The van der Waals surface area contributed by atoms with Crippen LogP contribution >= 0.6 is 0 Å². The van der Waals surface area contributed by atoms with Crippen molar-refractivity contribution in [2.75, 3.05) is 18.0 Å². The van der Waals surface area contributed by atoms with Gasteiger partial charge < -0.3 is 4.90 Å². The molecule has 1 aromatic rings. The third-order valence-electron chi connectivity index (χ3n) is 2.22. The van der Waals surface area contributed by atoms with Crippen LogP contribution in [-0.2, 0) is 0 Å². The summed E-state index contributed by atoms with van der Waals surface area (Å²) in [4.78, 5) is 2.37. The molecule has 1 aromatic carbocycles. The fourth-order valence-electron chi connectivity index (χ4n) is 1.48. The van der Waals surface area contributed by atoms with Gasteiger partial charge in [-0.2, -0.15) is 0 Å². The molecular formula is C11H18LiN. The van der Waals surface area contributed by atoms with Crippen LogP contribution in [0.4, 0.5) is 5.69 Å². The summed E-state index contributed by atoms with van der Waals surface area (Å²) in [5.41, 5.74) is 2.73.